The second-order valence-electron chi connectivity index (χ2n) is 33.1. The average molecular weight is 2390 g/mol. The molecule has 8 aliphatic rings. The summed E-state index contributed by atoms with van der Waals surface area (Å²) in [4.78, 5) is 128. The molecule has 129 heavy (non-hydrogen) atoms. The van der Waals surface area contributed by atoms with Crippen molar-refractivity contribution in [3.05, 3.63) is 188 Å². The van der Waals surface area contributed by atoms with Gasteiger partial charge in [0, 0.05) is 206 Å². The van der Waals surface area contributed by atoms with E-state index in [2.05, 4.69) is 33.4 Å². The van der Waals surface area contributed by atoms with Gasteiger partial charge in [-0.15, -0.1) is 46.4 Å². The molecule has 4 aromatic heterocycles. The number of hydrogen-bond donors (Lipinski definition) is 2. The minimum atomic E-state index is -1.86. The van der Waals surface area contributed by atoms with Crippen LogP contribution in [-0.4, -0.2) is 199 Å². The largest absolute Gasteiger partial charge is 0.481 e. The fourth-order valence-electron chi connectivity index (χ4n) is 19.1. The van der Waals surface area contributed by atoms with Crippen LogP contribution in [0.15, 0.2) is 107 Å². The van der Waals surface area contributed by atoms with Crippen LogP contribution in [-0.2, 0) is 157 Å². The van der Waals surface area contributed by atoms with Gasteiger partial charge in [0.25, 0.3) is 11.1 Å². The number of nitrogens with zero attached hydrogens (tertiary/aromatic N) is 10. The molecule has 16 rings (SSSR count). The third-order valence-corrected chi connectivity index (χ3v) is 26.6. The zero-order valence-electron chi connectivity index (χ0n) is 73.9. The molecule has 0 bridgehead atoms. The summed E-state index contributed by atoms with van der Waals surface area (Å²) in [6.07, 6.45) is 15.3. The summed E-state index contributed by atoms with van der Waals surface area (Å²) >= 11 is 23.5. The Morgan fingerprint density at radius 3 is 1.29 bits per heavy atom. The van der Waals surface area contributed by atoms with Crippen molar-refractivity contribution >= 4 is 116 Å². The van der Waals surface area contributed by atoms with Crippen molar-refractivity contribution in [1.82, 2.24) is 38.7 Å². The summed E-state index contributed by atoms with van der Waals surface area (Å²) < 4.78 is 32.0. The minimum Gasteiger partial charge on any atom is -0.481 e. The normalized spacial score (nSPS) is 17.9. The molecule has 12 heterocycles. The first kappa shape index (κ1) is 107. The predicted octanol–water partition coefficient (Wildman–Crippen LogP) is 16.9. The van der Waals surface area contributed by atoms with Crippen LogP contribution in [0, 0.1) is 14.9 Å². The molecule has 8 aromatic rings. The maximum absolute atomic E-state index is 14.3. The van der Waals surface area contributed by atoms with Gasteiger partial charge in [-0.1, -0.05) is 72.2 Å². The molecule has 0 spiro atoms. The number of anilines is 2. The van der Waals surface area contributed by atoms with Crippen molar-refractivity contribution in [2.45, 2.75) is 213 Å². The molecule has 0 unspecified atom stereocenters. The summed E-state index contributed by atoms with van der Waals surface area (Å²) in [5.41, 5.74) is 9.07. The number of amides is 2. The number of fused-ring (bicyclic) bond motifs is 10. The number of carboxylic acids is 1. The Balaban J connectivity index is 0.000000263. The summed E-state index contributed by atoms with van der Waals surface area (Å²) in [5, 5.41) is 21.5. The number of aryl methyl sites for hydroxylation is 4. The van der Waals surface area contributed by atoms with E-state index in [1.165, 1.54) is 51.6 Å². The minimum absolute atomic E-state index is 0. The van der Waals surface area contributed by atoms with Gasteiger partial charge in [0.1, 0.15) is 24.7 Å². The zero-order valence-corrected chi connectivity index (χ0v) is 84.1. The zero-order chi connectivity index (χ0) is 86.6. The molecule has 3 radical (unpaired) electrons. The van der Waals surface area contributed by atoms with Crippen LogP contribution in [0.2, 0.25) is 0 Å². The summed E-state index contributed by atoms with van der Waals surface area (Å²) in [6, 6.07) is 31.8. The molecule has 32 heteroatoms. The van der Waals surface area contributed by atoms with Crippen LogP contribution in [0.4, 0.5) is 21.0 Å². The Morgan fingerprint density at radius 1 is 0.504 bits per heavy atom. The number of ether oxygens (including phenoxy) is 5. The molecule has 4 saturated heterocycles. The first-order valence-corrected chi connectivity index (χ1v) is 46.1. The molecule has 2 atom stereocenters. The van der Waals surface area contributed by atoms with Gasteiger partial charge in [-0.25, -0.2) is 29.1 Å². The van der Waals surface area contributed by atoms with Gasteiger partial charge in [0.05, 0.1) is 58.0 Å². The third-order valence-electron chi connectivity index (χ3n) is 25.9. The second kappa shape index (κ2) is 49.0. The van der Waals surface area contributed by atoms with Crippen molar-refractivity contribution in [3.8, 4) is 34.3 Å². The molecule has 8 aliphatic heterocycles. The monoisotopic (exact) mass is 2390 g/mol. The summed E-state index contributed by atoms with van der Waals surface area (Å²) in [7, 11) is 0. The summed E-state index contributed by atoms with van der Waals surface area (Å²) in [5.74, 6) is 0.330. The van der Waals surface area contributed by atoms with E-state index in [-0.39, 0.29) is 151 Å². The van der Waals surface area contributed by atoms with Crippen LogP contribution in [0.5, 0.6) is 11.5 Å². The van der Waals surface area contributed by atoms with E-state index in [0.29, 0.717) is 176 Å². The van der Waals surface area contributed by atoms with Gasteiger partial charge in [-0.3, -0.25) is 19.2 Å². The van der Waals surface area contributed by atoms with E-state index in [0.717, 1.165) is 119 Å². The molecule has 4 aromatic carbocycles. The van der Waals surface area contributed by atoms with Gasteiger partial charge in [0.15, 0.2) is 5.60 Å². The molecule has 25 nitrogen and oxygen atoms in total. The quantitative estimate of drug-likeness (QED) is 0.0209. The fourth-order valence-corrected chi connectivity index (χ4v) is 19.9. The summed E-state index contributed by atoms with van der Waals surface area (Å²) in [6.45, 7) is 18.1. The number of alkyl halides is 4. The first-order valence-electron chi connectivity index (χ1n) is 44.0. The van der Waals surface area contributed by atoms with Crippen LogP contribution >= 0.6 is 46.4 Å². The number of aromatic nitrogens is 4. The molecule has 0 aliphatic carbocycles. The number of esters is 3. The van der Waals surface area contributed by atoms with E-state index in [1.54, 1.807) is 47.2 Å². The smallest absolute Gasteiger partial charge is 0.415 e. The Hall–Kier alpha value is -7.39. The van der Waals surface area contributed by atoms with Crippen molar-refractivity contribution in [2.24, 2.45) is 0 Å². The topological polar surface area (TPSA) is 278 Å². The van der Waals surface area contributed by atoms with Crippen molar-refractivity contribution in [3.63, 3.8) is 0 Å². The van der Waals surface area contributed by atoms with E-state index < -0.39 is 35.1 Å². The van der Waals surface area contributed by atoms with E-state index in [1.807, 2.05) is 82.6 Å². The Bertz CT molecular complexity index is 5320. The molecule has 2 amide bonds. The van der Waals surface area contributed by atoms with Crippen LogP contribution in [0.25, 0.3) is 44.6 Å². The number of rotatable bonds is 27. The van der Waals surface area contributed by atoms with Crippen LogP contribution in [0.3, 0.4) is 0 Å². The molecular formula is C97H122Cl4Ir3N10O15-2. The SMILES string of the molecule is C.CCc1c2c(nc3ccc(OC(=O)N4CCC(N5CCCCC5)CC4)cc13)-c1cc3c(c(=O)n1C2)COC(=O)[C@@]3(CC)OC(=O)CCCc1ccc(N(CCCl)CCCl)cc1.CCc1c2c(nc3ccc(OC(=O)N4CCC(N5CCCCC5)CC4)cc13)-c1cc3c(c(=O)n1C2)COC(=O)[C@]3(O)CC.O=C(O)CCCc1ccc(N(CCCl)CCCl)cc1.[CH3-].[CH3-].[Ir].[Ir].[Ir]. The number of halogens is 4. The molecule has 707 valence electrons. The van der Waals surface area contributed by atoms with Gasteiger partial charge < -0.3 is 87.3 Å². The fraction of sp³-hybridized carbons (Fsp3) is 0.505. The Kier molecular flexibility index (Phi) is 40.6. The van der Waals surface area contributed by atoms with Crippen molar-refractivity contribution in [1.29, 1.82) is 0 Å². The van der Waals surface area contributed by atoms with E-state index >= 15 is 0 Å². The molecule has 0 saturated carbocycles. The number of hydrogen-bond acceptors (Lipinski definition) is 20. The molecular weight excluding hydrogens is 2260 g/mol. The van der Waals surface area contributed by atoms with Gasteiger partial charge >= 0.3 is 36.1 Å². The van der Waals surface area contributed by atoms with Crippen LogP contribution < -0.4 is 30.4 Å². The number of pyridine rings is 4. The maximum Gasteiger partial charge on any atom is 0.415 e. The van der Waals surface area contributed by atoms with E-state index in [4.69, 9.17) is 85.2 Å². The Labute approximate surface area is 818 Å². The average Bonchev–Trinajstić information content (AvgIpc) is 1.60. The standard InChI is InChI=1S/C47H55Cl2N5O7.C33H38N4O6.C14H19Cl2NO2.CH4.2CH3.3Ir/c1-3-35-36-27-34(60-46(58)53-23-17-33(18-24-53)51-21-6-5-7-22-51)15-16-40(36)50-43-37(35)29-54-41(43)28-39-38(44(54)56)30-59-45(57)47(39,4-2)61-42(55)10-8-9-31-11-13-32(14-12-31)52(25-19-48)26-20-49;1-3-22-23-16-21(43-32(40)36-14-10-20(11-15-36)35-12-6-5-7-13-35)8-9-27(23)34-29-24(22)18-37-28(29)17-26-25(30(37)38)19-42-31(39)33(26,41)4-2;15-8-10-17(11-9-16)13-6-4-12(5-7-13)2-1-3-14(18)19;;;;;;/h11-16,27-28,33H,3-10,17-26,29-30H2,1-2H3;8-9,16-17,20,41H,3-7,10-15,18-19H2,1-2H3;4-7H,1-3,8-11H2,(H,18,19);1H4;2*1H3;;;/q;;;;2*-1;;;/t47-;33-;;;;;;;/m00......./s1. The number of cyclic esters (lactones) is 2. The maximum atomic E-state index is 14.3. The number of carbonyl (C=O) groups excluding carboxylic acids is 5. The predicted molar refractivity (Wildman–Crippen MR) is 497 cm³/mol. The van der Waals surface area contributed by atoms with Crippen molar-refractivity contribution < 1.29 is 123 Å². The number of likely N-dealkylation sites (tertiary alicyclic amines) is 4. The van der Waals surface area contributed by atoms with Gasteiger partial charge in [-0.2, -0.15) is 0 Å². The number of aliphatic carboxylic acids is 1. The number of piperidine rings is 4. The first-order chi connectivity index (χ1) is 59.7. The molecule has 2 N–H and O–H groups in total. The van der Waals surface area contributed by atoms with Crippen molar-refractivity contribution in [2.75, 3.05) is 112 Å². The number of aliphatic hydroxyl groups is 1. The second-order valence-corrected chi connectivity index (χ2v) is 34.6. The Morgan fingerprint density at radius 2 is 0.899 bits per heavy atom. The van der Waals surface area contributed by atoms with Gasteiger partial charge in [-0.05, 0) is 224 Å². The van der Waals surface area contributed by atoms with E-state index in [9.17, 15) is 43.5 Å². The number of carbonyl (C=O) groups is 6. The molecule has 4 fully saturated rings. The van der Waals surface area contributed by atoms with Gasteiger partial charge in [0.2, 0.25) is 5.60 Å². The number of benzene rings is 4. The number of carboxylic acid groups (broad SMARTS) is 1. The third kappa shape index (κ3) is 23.7. The van der Waals surface area contributed by atoms with Crippen LogP contribution in [0.1, 0.15) is 193 Å².